The number of hydrogen-bond donors (Lipinski definition) is 1. The van der Waals surface area contributed by atoms with E-state index < -0.39 is 0 Å². The summed E-state index contributed by atoms with van der Waals surface area (Å²) in [5.74, 6) is 0.633. The first-order chi connectivity index (χ1) is 11.6. The smallest absolute Gasteiger partial charge is 0.224 e. The van der Waals surface area contributed by atoms with Crippen LogP contribution in [0.15, 0.2) is 48.8 Å². The molecule has 2 rings (SSSR count). The molecule has 1 heterocycles. The van der Waals surface area contributed by atoms with Crippen molar-refractivity contribution in [3.8, 4) is 0 Å². The minimum Gasteiger partial charge on any atom is -0.355 e. The van der Waals surface area contributed by atoms with Gasteiger partial charge >= 0.3 is 0 Å². The Kier molecular flexibility index (Phi) is 6.89. The lowest BCUT2D eigenvalue weighted by molar-refractivity contribution is -0.129. The molecule has 2 amide bonds. The molecule has 0 spiro atoms. The third-order valence-electron chi connectivity index (χ3n) is 3.58. The van der Waals surface area contributed by atoms with Crippen LogP contribution in [-0.4, -0.2) is 46.8 Å². The number of benzene rings is 1. The van der Waals surface area contributed by atoms with Gasteiger partial charge in [0.05, 0.1) is 6.42 Å². The molecule has 0 radical (unpaired) electrons. The summed E-state index contributed by atoms with van der Waals surface area (Å²) in [6.45, 7) is 0.900. The molecule has 0 saturated heterocycles. The first-order valence-electron chi connectivity index (χ1n) is 7.95. The maximum absolute atomic E-state index is 12.0. The van der Waals surface area contributed by atoms with Gasteiger partial charge in [-0.1, -0.05) is 30.3 Å². The van der Waals surface area contributed by atoms with E-state index in [4.69, 9.17) is 0 Å². The van der Waals surface area contributed by atoms with Crippen molar-refractivity contribution >= 4 is 11.8 Å². The molecule has 2 aromatic rings. The molecule has 0 saturated carbocycles. The molecule has 1 aromatic carbocycles. The van der Waals surface area contributed by atoms with Crippen LogP contribution in [0.25, 0.3) is 0 Å². The van der Waals surface area contributed by atoms with Crippen LogP contribution in [0.3, 0.4) is 0 Å². The van der Waals surface area contributed by atoms with Crippen molar-refractivity contribution in [2.45, 2.75) is 19.3 Å². The van der Waals surface area contributed by atoms with Crippen LogP contribution in [0.2, 0.25) is 0 Å². The molecular formula is C18H22N4O2. The van der Waals surface area contributed by atoms with E-state index in [0.717, 1.165) is 5.56 Å². The maximum Gasteiger partial charge on any atom is 0.224 e. The summed E-state index contributed by atoms with van der Waals surface area (Å²) in [6, 6.07) is 11.3. The van der Waals surface area contributed by atoms with E-state index in [0.29, 0.717) is 31.8 Å². The molecule has 0 aliphatic heterocycles. The average molecular weight is 326 g/mol. The minimum absolute atomic E-state index is 0.00839. The Morgan fingerprint density at radius 1 is 1.08 bits per heavy atom. The van der Waals surface area contributed by atoms with Crippen LogP contribution in [0.1, 0.15) is 17.8 Å². The topological polar surface area (TPSA) is 75.2 Å². The van der Waals surface area contributed by atoms with Crippen LogP contribution in [-0.2, 0) is 22.4 Å². The molecule has 1 aromatic heterocycles. The van der Waals surface area contributed by atoms with E-state index in [2.05, 4.69) is 15.3 Å². The van der Waals surface area contributed by atoms with Crippen molar-refractivity contribution in [1.29, 1.82) is 0 Å². The van der Waals surface area contributed by atoms with E-state index in [1.165, 1.54) is 0 Å². The van der Waals surface area contributed by atoms with Crippen LogP contribution >= 0.6 is 0 Å². The summed E-state index contributed by atoms with van der Waals surface area (Å²) >= 11 is 0. The van der Waals surface area contributed by atoms with Gasteiger partial charge in [0, 0.05) is 45.4 Å². The Hall–Kier alpha value is -2.76. The Morgan fingerprint density at radius 3 is 2.50 bits per heavy atom. The largest absolute Gasteiger partial charge is 0.355 e. The lowest BCUT2D eigenvalue weighted by Crippen LogP contribution is -2.33. The Balaban J connectivity index is 1.64. The molecule has 6 nitrogen and oxygen atoms in total. The van der Waals surface area contributed by atoms with Crippen LogP contribution in [0.4, 0.5) is 0 Å². The number of likely N-dealkylation sites (N-methyl/N-ethyl adjacent to an activating group) is 1. The molecule has 0 unspecified atom stereocenters. The van der Waals surface area contributed by atoms with E-state index in [1.54, 1.807) is 30.4 Å². The molecule has 0 bridgehead atoms. The van der Waals surface area contributed by atoms with Crippen LogP contribution in [0.5, 0.6) is 0 Å². The summed E-state index contributed by atoms with van der Waals surface area (Å²) in [5.41, 5.74) is 0.960. The zero-order valence-corrected chi connectivity index (χ0v) is 13.8. The third-order valence-corrected chi connectivity index (χ3v) is 3.58. The van der Waals surface area contributed by atoms with E-state index in [1.807, 2.05) is 30.3 Å². The third kappa shape index (κ3) is 6.16. The predicted octanol–water partition coefficient (Wildman–Crippen LogP) is 1.23. The van der Waals surface area contributed by atoms with Gasteiger partial charge in [-0.15, -0.1) is 0 Å². The van der Waals surface area contributed by atoms with Gasteiger partial charge in [0.25, 0.3) is 0 Å². The number of carbonyl (C=O) groups excluding carboxylic acids is 2. The van der Waals surface area contributed by atoms with Gasteiger partial charge in [0.1, 0.15) is 5.82 Å². The van der Waals surface area contributed by atoms with E-state index in [-0.39, 0.29) is 18.2 Å². The number of rotatable bonds is 8. The summed E-state index contributed by atoms with van der Waals surface area (Å²) in [4.78, 5) is 33.8. The number of hydrogen-bond acceptors (Lipinski definition) is 4. The van der Waals surface area contributed by atoms with Crippen molar-refractivity contribution in [3.05, 3.63) is 60.2 Å². The number of carbonyl (C=O) groups is 2. The molecular weight excluding hydrogens is 304 g/mol. The molecule has 0 fully saturated rings. The zero-order valence-electron chi connectivity index (χ0n) is 13.8. The predicted molar refractivity (Wildman–Crippen MR) is 91.1 cm³/mol. The highest BCUT2D eigenvalue weighted by atomic mass is 16.2. The molecule has 24 heavy (non-hydrogen) atoms. The lowest BCUT2D eigenvalue weighted by Gasteiger charge is -2.16. The molecule has 0 atom stereocenters. The molecule has 1 N–H and O–H groups in total. The van der Waals surface area contributed by atoms with Gasteiger partial charge in [0.2, 0.25) is 11.8 Å². The normalized spacial score (nSPS) is 10.2. The number of amides is 2. The van der Waals surface area contributed by atoms with Gasteiger partial charge in [-0.3, -0.25) is 9.59 Å². The minimum atomic E-state index is -0.0747. The summed E-state index contributed by atoms with van der Waals surface area (Å²) in [5, 5.41) is 2.78. The number of aromatic nitrogens is 2. The Labute approximate surface area is 141 Å². The van der Waals surface area contributed by atoms with Gasteiger partial charge in [-0.25, -0.2) is 9.97 Å². The summed E-state index contributed by atoms with van der Waals surface area (Å²) in [7, 11) is 1.75. The lowest BCUT2D eigenvalue weighted by atomic mass is 10.1. The SMILES string of the molecule is CN(CCc1ncccn1)C(=O)CCNC(=O)Cc1ccccc1. The highest BCUT2D eigenvalue weighted by Crippen LogP contribution is 1.99. The van der Waals surface area contributed by atoms with Gasteiger partial charge in [0.15, 0.2) is 0 Å². The van der Waals surface area contributed by atoms with Crippen molar-refractivity contribution < 1.29 is 9.59 Å². The second-order valence-electron chi connectivity index (χ2n) is 5.49. The fourth-order valence-corrected chi connectivity index (χ4v) is 2.19. The second kappa shape index (κ2) is 9.39. The fraction of sp³-hybridized carbons (Fsp3) is 0.333. The highest BCUT2D eigenvalue weighted by molar-refractivity contribution is 5.80. The van der Waals surface area contributed by atoms with Crippen molar-refractivity contribution in [2.75, 3.05) is 20.1 Å². The number of nitrogens with zero attached hydrogens (tertiary/aromatic N) is 3. The van der Waals surface area contributed by atoms with Gasteiger partial charge in [-0.05, 0) is 11.6 Å². The van der Waals surface area contributed by atoms with Crippen molar-refractivity contribution in [1.82, 2.24) is 20.2 Å². The second-order valence-corrected chi connectivity index (χ2v) is 5.49. The Morgan fingerprint density at radius 2 is 1.79 bits per heavy atom. The van der Waals surface area contributed by atoms with Crippen molar-refractivity contribution in [2.24, 2.45) is 0 Å². The quantitative estimate of drug-likeness (QED) is 0.791. The monoisotopic (exact) mass is 326 g/mol. The highest BCUT2D eigenvalue weighted by Gasteiger charge is 2.10. The van der Waals surface area contributed by atoms with Gasteiger partial charge < -0.3 is 10.2 Å². The van der Waals surface area contributed by atoms with Crippen LogP contribution < -0.4 is 5.32 Å². The first kappa shape index (κ1) is 17.6. The first-order valence-corrected chi connectivity index (χ1v) is 7.95. The summed E-state index contributed by atoms with van der Waals surface area (Å²) in [6.07, 6.45) is 4.60. The molecule has 0 aliphatic rings. The average Bonchev–Trinajstić information content (AvgIpc) is 2.61. The zero-order chi connectivity index (χ0) is 17.2. The van der Waals surface area contributed by atoms with Gasteiger partial charge in [-0.2, -0.15) is 0 Å². The van der Waals surface area contributed by atoms with E-state index >= 15 is 0 Å². The maximum atomic E-state index is 12.0. The summed E-state index contributed by atoms with van der Waals surface area (Å²) < 4.78 is 0. The number of nitrogens with one attached hydrogen (secondary N) is 1. The standard InChI is InChI=1S/C18H22N4O2/c1-22(13-9-16-19-10-5-11-20-16)18(24)8-12-21-17(23)14-15-6-3-2-4-7-15/h2-7,10-11H,8-9,12-14H2,1H3,(H,21,23). The molecule has 0 aliphatic carbocycles. The van der Waals surface area contributed by atoms with Crippen LogP contribution in [0, 0.1) is 0 Å². The fourth-order valence-electron chi connectivity index (χ4n) is 2.19. The Bertz CT molecular complexity index is 647. The van der Waals surface area contributed by atoms with Crippen molar-refractivity contribution in [3.63, 3.8) is 0 Å². The molecule has 6 heteroatoms. The van der Waals surface area contributed by atoms with E-state index in [9.17, 15) is 9.59 Å². The molecule has 126 valence electrons.